The molecule has 0 atom stereocenters. The van der Waals surface area contributed by atoms with E-state index in [-0.39, 0.29) is 5.97 Å². The van der Waals surface area contributed by atoms with Gasteiger partial charge in [-0.1, -0.05) is 84.3 Å². The molecular weight excluding hydrogens is 334 g/mol. The van der Waals surface area contributed by atoms with Crippen LogP contribution in [0.25, 0.3) is 0 Å². The van der Waals surface area contributed by atoms with Crippen molar-refractivity contribution in [2.75, 3.05) is 26.2 Å². The molecule has 0 spiro atoms. The number of ether oxygens (including phenoxy) is 1. The Kier molecular flexibility index (Phi) is 20.8. The Balaban J connectivity index is 3.28. The normalized spacial score (nSPS) is 11.6. The van der Waals surface area contributed by atoms with Crippen molar-refractivity contribution in [1.82, 2.24) is 4.90 Å². The van der Waals surface area contributed by atoms with Crippen molar-refractivity contribution in [2.24, 2.45) is 0 Å². The molecule has 0 amide bonds. The van der Waals surface area contributed by atoms with Crippen LogP contribution < -0.4 is 0 Å². The zero-order valence-electron chi connectivity index (χ0n) is 18.6. The van der Waals surface area contributed by atoms with E-state index < -0.39 is 0 Å². The highest BCUT2D eigenvalue weighted by molar-refractivity contribution is 5.69. The number of rotatable bonds is 20. The molecule has 0 radical (unpaired) electrons. The summed E-state index contributed by atoms with van der Waals surface area (Å²) in [5.41, 5.74) is 0. The van der Waals surface area contributed by atoms with E-state index in [1.54, 1.807) is 0 Å². The lowest BCUT2D eigenvalue weighted by molar-refractivity contribution is -0.144. The maximum atomic E-state index is 11.7. The van der Waals surface area contributed by atoms with Crippen LogP contribution in [0.1, 0.15) is 111 Å². The second-order valence-corrected chi connectivity index (χ2v) is 7.58. The lowest BCUT2D eigenvalue weighted by Gasteiger charge is -2.17. The van der Waals surface area contributed by atoms with Gasteiger partial charge in [-0.15, -0.1) is 0 Å². The summed E-state index contributed by atoms with van der Waals surface area (Å²) in [6, 6.07) is 0. The number of carbonyl (C=O) groups excluding carboxylic acids is 1. The minimum absolute atomic E-state index is 0.0280. The summed E-state index contributed by atoms with van der Waals surface area (Å²) in [4.78, 5) is 14.0. The van der Waals surface area contributed by atoms with Gasteiger partial charge in [0, 0.05) is 13.0 Å². The Morgan fingerprint density at radius 1 is 0.741 bits per heavy atom. The molecule has 27 heavy (non-hydrogen) atoms. The third kappa shape index (κ3) is 19.7. The van der Waals surface area contributed by atoms with E-state index in [4.69, 9.17) is 4.74 Å². The monoisotopic (exact) mass is 381 g/mol. The first-order chi connectivity index (χ1) is 13.2. The molecule has 0 aromatic rings. The van der Waals surface area contributed by atoms with Gasteiger partial charge in [0.1, 0.15) is 6.61 Å². The zero-order valence-corrected chi connectivity index (χ0v) is 18.6. The number of esters is 1. The van der Waals surface area contributed by atoms with Crippen LogP contribution >= 0.6 is 0 Å². The molecule has 0 aliphatic heterocycles. The Bertz CT molecular complexity index is 337. The molecule has 0 saturated heterocycles. The van der Waals surface area contributed by atoms with Crippen LogP contribution in [0.4, 0.5) is 0 Å². The van der Waals surface area contributed by atoms with Gasteiger partial charge in [0.05, 0.1) is 0 Å². The molecule has 3 nitrogen and oxygen atoms in total. The minimum atomic E-state index is -0.0280. The molecule has 0 heterocycles. The van der Waals surface area contributed by atoms with Gasteiger partial charge in [0.15, 0.2) is 0 Å². The maximum Gasteiger partial charge on any atom is 0.305 e. The van der Waals surface area contributed by atoms with E-state index in [0.29, 0.717) is 13.0 Å². The first-order valence-corrected chi connectivity index (χ1v) is 11.8. The average Bonchev–Trinajstić information content (AvgIpc) is 2.68. The van der Waals surface area contributed by atoms with Crippen molar-refractivity contribution in [3.8, 4) is 0 Å². The highest BCUT2D eigenvalue weighted by Crippen LogP contribution is 2.10. The SMILES string of the molecule is CCCCCCCC/C=C\CCCCCCCC(=O)OCCN(CC)CC. The van der Waals surface area contributed by atoms with Crippen molar-refractivity contribution in [1.29, 1.82) is 0 Å². The molecule has 0 aromatic carbocycles. The third-order valence-electron chi connectivity index (χ3n) is 5.21. The summed E-state index contributed by atoms with van der Waals surface area (Å²) in [6.45, 7) is 9.96. The summed E-state index contributed by atoms with van der Waals surface area (Å²) >= 11 is 0. The van der Waals surface area contributed by atoms with Crippen LogP contribution in [0.3, 0.4) is 0 Å². The fourth-order valence-corrected chi connectivity index (χ4v) is 3.24. The average molecular weight is 382 g/mol. The molecule has 3 heteroatoms. The quantitative estimate of drug-likeness (QED) is 0.130. The van der Waals surface area contributed by atoms with Crippen LogP contribution in [-0.4, -0.2) is 37.1 Å². The lowest BCUT2D eigenvalue weighted by atomic mass is 10.1. The molecule has 160 valence electrons. The highest BCUT2D eigenvalue weighted by Gasteiger charge is 2.04. The number of allylic oxidation sites excluding steroid dienone is 2. The maximum absolute atomic E-state index is 11.7. The summed E-state index contributed by atoms with van der Waals surface area (Å²) in [5.74, 6) is -0.0280. The van der Waals surface area contributed by atoms with E-state index in [1.165, 1.54) is 70.6 Å². The van der Waals surface area contributed by atoms with Crippen LogP contribution in [0.5, 0.6) is 0 Å². The number of nitrogens with zero attached hydrogens (tertiary/aromatic N) is 1. The molecule has 0 rings (SSSR count). The van der Waals surface area contributed by atoms with Crippen molar-refractivity contribution >= 4 is 5.97 Å². The second kappa shape index (κ2) is 21.5. The Morgan fingerprint density at radius 2 is 1.26 bits per heavy atom. The first kappa shape index (κ1) is 26.2. The number of likely N-dealkylation sites (N-methyl/N-ethyl adjacent to an activating group) is 1. The molecule has 0 aromatic heterocycles. The standard InChI is InChI=1S/C24H47NO2/c1-4-7-8-9-10-11-12-13-14-15-16-17-18-19-20-21-24(26)27-23-22-25(5-2)6-3/h13-14H,4-12,15-23H2,1-3H3/b14-13-. The van der Waals surface area contributed by atoms with Crippen molar-refractivity contribution in [3.05, 3.63) is 12.2 Å². The van der Waals surface area contributed by atoms with Gasteiger partial charge in [-0.05, 0) is 45.2 Å². The largest absolute Gasteiger partial charge is 0.464 e. The van der Waals surface area contributed by atoms with Gasteiger partial charge in [-0.3, -0.25) is 4.79 Å². The molecule has 0 unspecified atom stereocenters. The fourth-order valence-electron chi connectivity index (χ4n) is 3.24. The first-order valence-electron chi connectivity index (χ1n) is 11.8. The predicted octanol–water partition coefficient (Wildman–Crippen LogP) is 6.91. The number of carbonyl (C=O) groups is 1. The van der Waals surface area contributed by atoms with Crippen molar-refractivity contribution in [3.63, 3.8) is 0 Å². The number of hydrogen-bond donors (Lipinski definition) is 0. The topological polar surface area (TPSA) is 29.5 Å². The van der Waals surface area contributed by atoms with Crippen LogP contribution in [0.15, 0.2) is 12.2 Å². The highest BCUT2D eigenvalue weighted by atomic mass is 16.5. The van der Waals surface area contributed by atoms with E-state index in [1.807, 2.05) is 0 Å². The minimum Gasteiger partial charge on any atom is -0.464 e. The van der Waals surface area contributed by atoms with Crippen molar-refractivity contribution < 1.29 is 9.53 Å². The summed E-state index contributed by atoms with van der Waals surface area (Å²) in [5, 5.41) is 0. The van der Waals surface area contributed by atoms with Crippen LogP contribution in [-0.2, 0) is 9.53 Å². The fraction of sp³-hybridized carbons (Fsp3) is 0.875. The summed E-state index contributed by atoms with van der Waals surface area (Å²) < 4.78 is 5.31. The van der Waals surface area contributed by atoms with Crippen LogP contribution in [0, 0.1) is 0 Å². The lowest BCUT2D eigenvalue weighted by Crippen LogP contribution is -2.27. The Morgan fingerprint density at radius 3 is 1.81 bits per heavy atom. The van der Waals surface area contributed by atoms with E-state index >= 15 is 0 Å². The number of hydrogen-bond acceptors (Lipinski definition) is 3. The number of unbranched alkanes of at least 4 members (excludes halogenated alkanes) is 11. The molecule has 0 bridgehead atoms. The molecule has 0 N–H and O–H groups in total. The van der Waals surface area contributed by atoms with Gasteiger partial charge in [-0.25, -0.2) is 0 Å². The van der Waals surface area contributed by atoms with Gasteiger partial charge < -0.3 is 9.64 Å². The van der Waals surface area contributed by atoms with Gasteiger partial charge >= 0.3 is 5.97 Å². The Hall–Kier alpha value is -0.830. The molecule has 0 saturated carbocycles. The second-order valence-electron chi connectivity index (χ2n) is 7.58. The molecule has 0 fully saturated rings. The van der Waals surface area contributed by atoms with Crippen LogP contribution in [0.2, 0.25) is 0 Å². The van der Waals surface area contributed by atoms with E-state index in [0.717, 1.165) is 32.5 Å². The van der Waals surface area contributed by atoms with Gasteiger partial charge in [-0.2, -0.15) is 0 Å². The summed E-state index contributed by atoms with van der Waals surface area (Å²) in [6.07, 6.45) is 22.0. The van der Waals surface area contributed by atoms with Gasteiger partial charge in [0.2, 0.25) is 0 Å². The summed E-state index contributed by atoms with van der Waals surface area (Å²) in [7, 11) is 0. The predicted molar refractivity (Wildman–Crippen MR) is 118 cm³/mol. The molecule has 0 aliphatic carbocycles. The molecular formula is C24H47NO2. The van der Waals surface area contributed by atoms with E-state index in [2.05, 4.69) is 37.8 Å². The van der Waals surface area contributed by atoms with Crippen molar-refractivity contribution in [2.45, 2.75) is 111 Å². The molecule has 0 aliphatic rings. The van der Waals surface area contributed by atoms with Gasteiger partial charge in [0.25, 0.3) is 0 Å². The third-order valence-corrected chi connectivity index (χ3v) is 5.21. The van der Waals surface area contributed by atoms with E-state index in [9.17, 15) is 4.79 Å². The smallest absolute Gasteiger partial charge is 0.305 e. The zero-order chi connectivity index (χ0) is 20.0. The Labute approximate surface area is 169 Å².